The fraction of sp³-hybridized carbons (Fsp3) is 0. The van der Waals surface area contributed by atoms with Crippen molar-refractivity contribution in [2.75, 3.05) is 0 Å². The highest BCUT2D eigenvalue weighted by Crippen LogP contribution is 2.40. The number of esters is 4. The van der Waals surface area contributed by atoms with Crippen LogP contribution in [0.2, 0.25) is 0 Å². The molecule has 0 radical (unpaired) electrons. The Balaban J connectivity index is 2.38. The molecular weight excluding hydrogens is 312 g/mol. The lowest BCUT2D eigenvalue weighted by molar-refractivity contribution is 0.0365. The molecule has 0 unspecified atom stereocenters. The van der Waals surface area contributed by atoms with Crippen LogP contribution in [-0.2, 0) is 9.47 Å². The van der Waals surface area contributed by atoms with Crippen LogP contribution in [0.4, 0.5) is 0 Å². The number of hydrogen-bond acceptors (Lipinski definition) is 6. The third-order valence-corrected chi connectivity index (χ3v) is 4.12. The van der Waals surface area contributed by atoms with Crippen molar-refractivity contribution in [3.05, 3.63) is 58.7 Å². The van der Waals surface area contributed by atoms with Gasteiger partial charge in [-0.15, -0.1) is 0 Å². The lowest BCUT2D eigenvalue weighted by Crippen LogP contribution is -2.27. The van der Waals surface area contributed by atoms with Crippen molar-refractivity contribution in [1.29, 1.82) is 0 Å². The number of hydrogen-bond donors (Lipinski definition) is 0. The first-order valence-corrected chi connectivity index (χ1v) is 6.93. The van der Waals surface area contributed by atoms with Gasteiger partial charge in [0.2, 0.25) is 0 Å². The van der Waals surface area contributed by atoms with Crippen LogP contribution in [0.3, 0.4) is 0 Å². The van der Waals surface area contributed by atoms with E-state index >= 15 is 0 Å². The average molecular weight is 320 g/mol. The smallest absolute Gasteiger partial charge is 0.347 e. The molecule has 0 atom stereocenters. The number of ether oxygens (including phenoxy) is 2. The van der Waals surface area contributed by atoms with Gasteiger partial charge in [-0.3, -0.25) is 0 Å². The Kier molecular flexibility index (Phi) is 2.63. The first kappa shape index (κ1) is 14.1. The van der Waals surface area contributed by atoms with Gasteiger partial charge in [-0.25, -0.2) is 19.2 Å². The monoisotopic (exact) mass is 320 g/mol. The van der Waals surface area contributed by atoms with Gasteiger partial charge < -0.3 is 9.47 Å². The maximum absolute atomic E-state index is 12.2. The molecule has 4 rings (SSSR count). The molecule has 2 aromatic rings. The molecule has 6 heteroatoms. The standard InChI is InChI=1S/C18H8O6/c1-3-7-5-9-14-12(18(22)24-15(9)19)8(4-2)6-10-13(14)11(7)17(21)23-16(10)20/h3-6H,1-2H2. The lowest BCUT2D eigenvalue weighted by atomic mass is 9.84. The first-order chi connectivity index (χ1) is 11.5. The fourth-order valence-corrected chi connectivity index (χ4v) is 3.14. The summed E-state index contributed by atoms with van der Waals surface area (Å²) in [5.74, 6) is -3.39. The van der Waals surface area contributed by atoms with Crippen LogP contribution in [0.1, 0.15) is 52.6 Å². The van der Waals surface area contributed by atoms with E-state index in [0.29, 0.717) is 11.1 Å². The van der Waals surface area contributed by atoms with E-state index in [2.05, 4.69) is 13.2 Å². The molecule has 0 saturated heterocycles. The van der Waals surface area contributed by atoms with E-state index < -0.39 is 23.9 Å². The van der Waals surface area contributed by atoms with Gasteiger partial charge in [0.15, 0.2) is 0 Å². The summed E-state index contributed by atoms with van der Waals surface area (Å²) in [5.41, 5.74) is 1.01. The third-order valence-electron chi connectivity index (χ3n) is 4.12. The highest BCUT2D eigenvalue weighted by molar-refractivity contribution is 6.31. The van der Waals surface area contributed by atoms with E-state index in [1.807, 2.05) is 0 Å². The maximum atomic E-state index is 12.2. The molecular formula is C18H8O6. The molecule has 0 fully saturated rings. The van der Waals surface area contributed by atoms with E-state index in [0.717, 1.165) is 0 Å². The molecule has 0 amide bonds. The van der Waals surface area contributed by atoms with Crippen molar-refractivity contribution < 1.29 is 28.7 Å². The zero-order valence-electron chi connectivity index (χ0n) is 12.2. The summed E-state index contributed by atoms with van der Waals surface area (Å²) in [6.45, 7) is 7.23. The molecule has 2 aliphatic rings. The molecule has 0 aliphatic carbocycles. The van der Waals surface area contributed by atoms with E-state index in [4.69, 9.17) is 9.47 Å². The Morgan fingerprint density at radius 2 is 1.04 bits per heavy atom. The van der Waals surface area contributed by atoms with Gasteiger partial charge in [-0.2, -0.15) is 0 Å². The molecule has 0 spiro atoms. The largest absolute Gasteiger partial charge is 0.386 e. The minimum absolute atomic E-state index is 0.0886. The van der Waals surface area contributed by atoms with Crippen molar-refractivity contribution in [3.8, 4) is 0 Å². The molecule has 0 saturated carbocycles. The minimum Gasteiger partial charge on any atom is -0.386 e. The summed E-state index contributed by atoms with van der Waals surface area (Å²) in [6, 6.07) is 2.80. The van der Waals surface area contributed by atoms with E-state index in [-0.39, 0.29) is 33.0 Å². The third kappa shape index (κ3) is 1.54. The molecule has 24 heavy (non-hydrogen) atoms. The number of carbonyl (C=O) groups excluding carboxylic acids is 4. The van der Waals surface area contributed by atoms with Crippen LogP contribution in [0.15, 0.2) is 25.3 Å². The van der Waals surface area contributed by atoms with E-state index in [9.17, 15) is 19.2 Å². The summed E-state index contributed by atoms with van der Waals surface area (Å²) in [6.07, 6.45) is 2.74. The van der Waals surface area contributed by atoms with E-state index in [1.165, 1.54) is 24.3 Å². The second-order valence-corrected chi connectivity index (χ2v) is 5.29. The number of carbonyl (C=O) groups is 4. The Bertz CT molecular complexity index is 972. The highest BCUT2D eigenvalue weighted by atomic mass is 16.6. The van der Waals surface area contributed by atoms with Crippen LogP contribution in [0.5, 0.6) is 0 Å². The van der Waals surface area contributed by atoms with Crippen molar-refractivity contribution >= 4 is 46.8 Å². The SMILES string of the molecule is C=Cc1cc2c3c(c(C=C)cc4c3c1C(=O)OC4=O)C(=O)OC2=O. The molecule has 0 bridgehead atoms. The van der Waals surface area contributed by atoms with Gasteiger partial charge in [0.25, 0.3) is 0 Å². The molecule has 116 valence electrons. The zero-order valence-corrected chi connectivity index (χ0v) is 12.2. The number of cyclic esters (lactones) is 4. The molecule has 2 heterocycles. The Hall–Kier alpha value is -3.54. The van der Waals surface area contributed by atoms with Crippen molar-refractivity contribution in [2.45, 2.75) is 0 Å². The van der Waals surface area contributed by atoms with Gasteiger partial charge >= 0.3 is 23.9 Å². The second kappa shape index (κ2) is 4.48. The summed E-state index contributed by atoms with van der Waals surface area (Å²) < 4.78 is 9.54. The van der Waals surface area contributed by atoms with Crippen LogP contribution < -0.4 is 0 Å². The predicted octanol–water partition coefficient (Wildman–Crippen LogP) is 2.75. The normalized spacial score (nSPS) is 15.2. The second-order valence-electron chi connectivity index (χ2n) is 5.29. The van der Waals surface area contributed by atoms with Crippen LogP contribution in [-0.4, -0.2) is 23.9 Å². The fourth-order valence-electron chi connectivity index (χ4n) is 3.14. The molecule has 6 nitrogen and oxygen atoms in total. The molecule has 2 aromatic carbocycles. The summed E-state index contributed by atoms with van der Waals surface area (Å²) in [7, 11) is 0. The van der Waals surface area contributed by atoms with Crippen molar-refractivity contribution in [1.82, 2.24) is 0 Å². The van der Waals surface area contributed by atoms with Crippen LogP contribution >= 0.6 is 0 Å². The van der Waals surface area contributed by atoms with Gasteiger partial charge in [0.1, 0.15) is 0 Å². The highest BCUT2D eigenvalue weighted by Gasteiger charge is 2.38. The molecule has 2 aliphatic heterocycles. The van der Waals surface area contributed by atoms with E-state index in [1.54, 1.807) is 0 Å². The zero-order chi connectivity index (χ0) is 17.2. The number of benzene rings is 2. The summed E-state index contributed by atoms with van der Waals surface area (Å²) >= 11 is 0. The van der Waals surface area contributed by atoms with Gasteiger partial charge in [0.05, 0.1) is 22.3 Å². The Labute approximate surface area is 135 Å². The minimum atomic E-state index is -0.849. The maximum Gasteiger partial charge on any atom is 0.347 e. The average Bonchev–Trinajstić information content (AvgIpc) is 2.56. The Morgan fingerprint density at radius 3 is 1.38 bits per heavy atom. The summed E-state index contributed by atoms with van der Waals surface area (Å²) in [4.78, 5) is 48.7. The predicted molar refractivity (Wildman–Crippen MR) is 83.6 cm³/mol. The van der Waals surface area contributed by atoms with Crippen molar-refractivity contribution in [2.24, 2.45) is 0 Å². The van der Waals surface area contributed by atoms with Gasteiger partial charge in [-0.05, 0) is 23.3 Å². The summed E-state index contributed by atoms with van der Waals surface area (Å²) in [5, 5.41) is 0.406. The van der Waals surface area contributed by atoms with Crippen LogP contribution in [0.25, 0.3) is 22.9 Å². The van der Waals surface area contributed by atoms with Gasteiger partial charge in [0, 0.05) is 10.8 Å². The molecule has 0 N–H and O–H groups in total. The van der Waals surface area contributed by atoms with Crippen molar-refractivity contribution in [3.63, 3.8) is 0 Å². The number of rotatable bonds is 2. The lowest BCUT2D eigenvalue weighted by Gasteiger charge is -2.24. The first-order valence-electron chi connectivity index (χ1n) is 6.93. The van der Waals surface area contributed by atoms with Gasteiger partial charge in [-0.1, -0.05) is 25.3 Å². The molecule has 0 aromatic heterocycles. The quantitative estimate of drug-likeness (QED) is 0.624. The Morgan fingerprint density at radius 1 is 0.667 bits per heavy atom. The topological polar surface area (TPSA) is 86.7 Å². The van der Waals surface area contributed by atoms with Crippen LogP contribution in [0, 0.1) is 0 Å².